The van der Waals surface area contributed by atoms with Crippen molar-refractivity contribution in [3.63, 3.8) is 0 Å². The first-order valence-corrected chi connectivity index (χ1v) is 8.19. The van der Waals surface area contributed by atoms with E-state index in [9.17, 15) is 5.26 Å². The van der Waals surface area contributed by atoms with Crippen molar-refractivity contribution in [2.45, 2.75) is 84.0 Å². The van der Waals surface area contributed by atoms with E-state index < -0.39 is 0 Å². The lowest BCUT2D eigenvalue weighted by molar-refractivity contribution is 0.174. The third-order valence-corrected chi connectivity index (χ3v) is 5.63. The summed E-state index contributed by atoms with van der Waals surface area (Å²) in [5, 5.41) is 9.58. The molecule has 0 heterocycles. The van der Waals surface area contributed by atoms with Crippen LogP contribution in [0.1, 0.15) is 84.0 Å². The summed E-state index contributed by atoms with van der Waals surface area (Å²) >= 11 is 0. The normalized spacial score (nSPS) is 34.1. The zero-order chi connectivity index (χ0) is 12.8. The van der Waals surface area contributed by atoms with Gasteiger partial charge in [-0.05, 0) is 50.4 Å². The number of hydrogen-bond donors (Lipinski definition) is 0. The van der Waals surface area contributed by atoms with Crippen molar-refractivity contribution in [3.05, 3.63) is 0 Å². The Kier molecular flexibility index (Phi) is 5.10. The summed E-state index contributed by atoms with van der Waals surface area (Å²) in [4.78, 5) is 0. The molecule has 2 saturated carbocycles. The van der Waals surface area contributed by atoms with E-state index in [2.05, 4.69) is 13.0 Å². The summed E-state index contributed by atoms with van der Waals surface area (Å²) in [6.07, 6.45) is 15.9. The van der Waals surface area contributed by atoms with E-state index in [4.69, 9.17) is 0 Å². The van der Waals surface area contributed by atoms with E-state index in [0.29, 0.717) is 0 Å². The van der Waals surface area contributed by atoms with Crippen LogP contribution in [0.5, 0.6) is 0 Å². The van der Waals surface area contributed by atoms with Gasteiger partial charge in [0.25, 0.3) is 0 Å². The highest BCUT2D eigenvalue weighted by Gasteiger charge is 2.35. The predicted octanol–water partition coefficient (Wildman–Crippen LogP) is 5.46. The molecule has 0 aromatic rings. The molecule has 0 amide bonds. The zero-order valence-electron chi connectivity index (χ0n) is 12.1. The average Bonchev–Trinajstić information content (AvgIpc) is 2.47. The van der Waals surface area contributed by atoms with Crippen molar-refractivity contribution in [2.75, 3.05) is 0 Å². The van der Waals surface area contributed by atoms with E-state index >= 15 is 0 Å². The van der Waals surface area contributed by atoms with Crippen LogP contribution in [0.15, 0.2) is 0 Å². The molecule has 0 radical (unpaired) electrons. The molecule has 0 aliphatic heterocycles. The molecule has 1 heteroatoms. The van der Waals surface area contributed by atoms with Gasteiger partial charge in [0.15, 0.2) is 0 Å². The molecule has 2 aliphatic carbocycles. The SMILES string of the molecule is CCC1CCC(C#N)(CCC2CCCCC2)CC1. The highest BCUT2D eigenvalue weighted by atomic mass is 14.4. The third kappa shape index (κ3) is 3.50. The van der Waals surface area contributed by atoms with Crippen LogP contribution in [0, 0.1) is 28.6 Å². The first-order valence-electron chi connectivity index (χ1n) is 8.19. The van der Waals surface area contributed by atoms with E-state index in [1.807, 2.05) is 0 Å². The van der Waals surface area contributed by atoms with Gasteiger partial charge in [-0.2, -0.15) is 5.26 Å². The predicted molar refractivity (Wildman–Crippen MR) is 76.1 cm³/mol. The fraction of sp³-hybridized carbons (Fsp3) is 0.941. The minimum Gasteiger partial charge on any atom is -0.198 e. The van der Waals surface area contributed by atoms with Gasteiger partial charge >= 0.3 is 0 Å². The van der Waals surface area contributed by atoms with Gasteiger partial charge in [0.05, 0.1) is 11.5 Å². The average molecular weight is 247 g/mol. The van der Waals surface area contributed by atoms with E-state index in [1.54, 1.807) is 0 Å². The van der Waals surface area contributed by atoms with Gasteiger partial charge in [-0.25, -0.2) is 0 Å². The van der Waals surface area contributed by atoms with Gasteiger partial charge in [-0.15, -0.1) is 0 Å². The molecule has 0 aromatic carbocycles. The first kappa shape index (κ1) is 13.9. The smallest absolute Gasteiger partial charge is 0.0689 e. The van der Waals surface area contributed by atoms with Crippen LogP contribution < -0.4 is 0 Å². The molecule has 2 rings (SSSR count). The lowest BCUT2D eigenvalue weighted by Crippen LogP contribution is -2.27. The minimum absolute atomic E-state index is 0.0586. The lowest BCUT2D eigenvalue weighted by Gasteiger charge is -2.36. The van der Waals surface area contributed by atoms with Gasteiger partial charge in [-0.3, -0.25) is 0 Å². The molecule has 0 bridgehead atoms. The monoisotopic (exact) mass is 247 g/mol. The fourth-order valence-corrected chi connectivity index (χ4v) is 4.01. The highest BCUT2D eigenvalue weighted by molar-refractivity contribution is 5.01. The number of nitriles is 1. The fourth-order valence-electron chi connectivity index (χ4n) is 4.01. The van der Waals surface area contributed by atoms with Crippen LogP contribution in [-0.2, 0) is 0 Å². The van der Waals surface area contributed by atoms with Gasteiger partial charge in [0.2, 0.25) is 0 Å². The molecule has 1 nitrogen and oxygen atoms in total. The van der Waals surface area contributed by atoms with Gasteiger partial charge in [0.1, 0.15) is 0 Å². The second kappa shape index (κ2) is 6.60. The topological polar surface area (TPSA) is 23.8 Å². The molecule has 0 atom stereocenters. The molecule has 0 aromatic heterocycles. The van der Waals surface area contributed by atoms with Crippen molar-refractivity contribution >= 4 is 0 Å². The second-order valence-corrected chi connectivity index (χ2v) is 6.79. The zero-order valence-corrected chi connectivity index (χ0v) is 12.1. The molecule has 0 unspecified atom stereocenters. The van der Waals surface area contributed by atoms with Crippen LogP contribution >= 0.6 is 0 Å². The number of rotatable bonds is 4. The standard InChI is InChI=1S/C17H29N/c1-2-15-8-11-17(14-18,12-9-15)13-10-16-6-4-3-5-7-16/h15-16H,2-13H2,1H3. The first-order chi connectivity index (χ1) is 8.78. The summed E-state index contributed by atoms with van der Waals surface area (Å²) in [6, 6.07) is 2.70. The second-order valence-electron chi connectivity index (χ2n) is 6.79. The largest absolute Gasteiger partial charge is 0.198 e. The maximum atomic E-state index is 9.58. The number of nitrogens with zero attached hydrogens (tertiary/aromatic N) is 1. The van der Waals surface area contributed by atoms with Gasteiger partial charge in [-0.1, -0.05) is 45.4 Å². The molecular weight excluding hydrogens is 218 g/mol. The molecule has 18 heavy (non-hydrogen) atoms. The maximum absolute atomic E-state index is 9.58. The van der Waals surface area contributed by atoms with E-state index in [0.717, 1.165) is 11.8 Å². The van der Waals surface area contributed by atoms with E-state index in [1.165, 1.54) is 77.0 Å². The van der Waals surface area contributed by atoms with Crippen LogP contribution in [0.4, 0.5) is 0 Å². The molecule has 0 spiro atoms. The van der Waals surface area contributed by atoms with Crippen molar-refractivity contribution in [1.29, 1.82) is 5.26 Å². The summed E-state index contributed by atoms with van der Waals surface area (Å²) in [6.45, 7) is 2.30. The van der Waals surface area contributed by atoms with Crippen molar-refractivity contribution in [3.8, 4) is 6.07 Å². The maximum Gasteiger partial charge on any atom is 0.0689 e. The Morgan fingerprint density at radius 2 is 1.67 bits per heavy atom. The lowest BCUT2D eigenvalue weighted by atomic mass is 9.67. The Balaban J connectivity index is 1.80. The van der Waals surface area contributed by atoms with Gasteiger partial charge in [0, 0.05) is 0 Å². The van der Waals surface area contributed by atoms with Crippen molar-refractivity contribution < 1.29 is 0 Å². The van der Waals surface area contributed by atoms with E-state index in [-0.39, 0.29) is 5.41 Å². The van der Waals surface area contributed by atoms with Crippen LogP contribution in [0.3, 0.4) is 0 Å². The van der Waals surface area contributed by atoms with Crippen LogP contribution in [-0.4, -0.2) is 0 Å². The molecule has 102 valence electrons. The summed E-state index contributed by atoms with van der Waals surface area (Å²) in [7, 11) is 0. The molecule has 0 saturated heterocycles. The Morgan fingerprint density at radius 1 is 1.00 bits per heavy atom. The van der Waals surface area contributed by atoms with Gasteiger partial charge < -0.3 is 0 Å². The quantitative estimate of drug-likeness (QED) is 0.647. The molecular formula is C17H29N. The third-order valence-electron chi connectivity index (χ3n) is 5.63. The summed E-state index contributed by atoms with van der Waals surface area (Å²) < 4.78 is 0. The van der Waals surface area contributed by atoms with Crippen molar-refractivity contribution in [2.24, 2.45) is 17.3 Å². The van der Waals surface area contributed by atoms with Crippen molar-refractivity contribution in [1.82, 2.24) is 0 Å². The Bertz CT molecular complexity index is 274. The Labute approximate surface area is 113 Å². The van der Waals surface area contributed by atoms with Crippen LogP contribution in [0.25, 0.3) is 0 Å². The minimum atomic E-state index is 0.0586. The summed E-state index contributed by atoms with van der Waals surface area (Å²) in [5.41, 5.74) is 0.0586. The number of hydrogen-bond acceptors (Lipinski definition) is 1. The Morgan fingerprint density at radius 3 is 2.22 bits per heavy atom. The summed E-state index contributed by atoms with van der Waals surface area (Å²) in [5.74, 6) is 1.84. The highest BCUT2D eigenvalue weighted by Crippen LogP contribution is 2.44. The molecule has 2 aliphatic rings. The van der Waals surface area contributed by atoms with Crippen LogP contribution in [0.2, 0.25) is 0 Å². The molecule has 2 fully saturated rings. The Hall–Kier alpha value is -0.510. The molecule has 0 N–H and O–H groups in total.